The normalized spacial score (nSPS) is 11.4. The fourth-order valence-corrected chi connectivity index (χ4v) is 12.8. The molecule has 0 aliphatic carbocycles. The number of amides is 4. The molecule has 143 heavy (non-hydrogen) atoms. The van der Waals surface area contributed by atoms with Crippen molar-refractivity contribution in [3.8, 4) is 0 Å². The van der Waals surface area contributed by atoms with Gasteiger partial charge in [0.15, 0.2) is 5.02 Å². The van der Waals surface area contributed by atoms with Crippen LogP contribution in [0.3, 0.4) is 0 Å². The quantitative estimate of drug-likeness (QED) is 0.00793. The van der Waals surface area contributed by atoms with E-state index in [1.165, 1.54) is 0 Å². The Hall–Kier alpha value is -20.8. The van der Waals surface area contributed by atoms with Crippen LogP contribution in [0.5, 0.6) is 0 Å². The highest BCUT2D eigenvalue weighted by molar-refractivity contribution is 6.34. The van der Waals surface area contributed by atoms with Crippen molar-refractivity contribution in [1.29, 1.82) is 0 Å². The van der Waals surface area contributed by atoms with Gasteiger partial charge in [0.1, 0.15) is 38.9 Å². The summed E-state index contributed by atoms with van der Waals surface area (Å²) >= 11 is 5.37. The summed E-state index contributed by atoms with van der Waals surface area (Å²) in [6.45, 7) is 0. The van der Waals surface area contributed by atoms with Gasteiger partial charge in [0, 0.05) is 69.9 Å². The molecule has 0 radical (unpaired) electrons. The van der Waals surface area contributed by atoms with Gasteiger partial charge in [-0.1, -0.05) is 55.4 Å². The number of aryl methyl sites for hydroxylation is 2. The molecule has 0 saturated carbocycles. The number of aliphatic carboxylic acids is 3. The van der Waals surface area contributed by atoms with Crippen molar-refractivity contribution in [2.45, 2.75) is 104 Å². The van der Waals surface area contributed by atoms with Crippen molar-refractivity contribution in [3.05, 3.63) is 352 Å². The number of non-ortho nitro benzene ring substituents is 4. The maximum absolute atomic E-state index is 12.3. The molecule has 0 bridgehead atoms. The van der Waals surface area contributed by atoms with Crippen molar-refractivity contribution in [3.63, 3.8) is 0 Å². The minimum atomic E-state index is -1.54. The monoisotopic (exact) mass is 2040 g/mol. The van der Waals surface area contributed by atoms with Gasteiger partial charge in [0.05, 0.1) is 156 Å². The van der Waals surface area contributed by atoms with Gasteiger partial charge in [-0.05, 0) is 54.5 Å². The Morgan fingerprint density at radius 1 is 0.301 bits per heavy atom. The zero-order valence-electron chi connectivity index (χ0n) is 70.1. The first-order valence-electron chi connectivity index (χ1n) is 37.6. The molecule has 2 fully saturated rings. The number of hydroxylamine groups is 4. The van der Waals surface area contributed by atoms with Crippen LogP contribution < -0.4 is 5.73 Å². The van der Waals surface area contributed by atoms with Crippen LogP contribution in [0, 0.1) is 182 Å². The van der Waals surface area contributed by atoms with Crippen LogP contribution in [0.1, 0.15) is 114 Å². The number of halogens is 1. The topological polar surface area (TPSA) is 1040 Å². The Kier molecular flexibility index (Phi) is 40.0. The number of nitro benzene ring substituents is 18. The molecule has 70 nitrogen and oxygen atoms in total. The minimum absolute atomic E-state index is 0. The minimum Gasteiger partial charge on any atom is -0.481 e. The Morgan fingerprint density at radius 3 is 0.811 bits per heavy atom. The SMILES string of the molecule is C.Nc1cccc(CCC(=O)O)c1.O=C(CCc1c([N+](=O)[O-])cc([N+](=O)[O-])c(Cc2c([N+](=O)[O-])cc([N+](=O)[O-])cc2[N+](=O)[O-])c1[N+](=O)[O-])ON1C(=O)CCC1=O.O=C(O)CCc1c([N+](=O)[O-])cc([N+](=O)[O-])c(Cc2c([N+](=O)[O-])cc([N+](=O)[O-])cc2[N+](=O)[O-])c1[N+](=O)[O-].O=C(O)CCc1cccc(Cc2c([N+](=O)[O-])cc([N+](=O)[O-])cc2[N+](=O)[O-])c1.O=C1CCC(=O)N1O.O=[N+]([O-])c1cc([N+](=O)[O-])c(Cl)c([N+](=O)[O-])c1. The Labute approximate surface area is 788 Å². The number of nitro groups is 18. The summed E-state index contributed by atoms with van der Waals surface area (Å²) in [5.74, 6) is -7.46. The van der Waals surface area contributed by atoms with Crippen LogP contribution in [-0.2, 0) is 88.1 Å². The lowest BCUT2D eigenvalue weighted by Gasteiger charge is -2.13. The van der Waals surface area contributed by atoms with Crippen LogP contribution in [0.4, 0.5) is 108 Å². The maximum atomic E-state index is 12.3. The Morgan fingerprint density at radius 2 is 0.545 bits per heavy atom. The van der Waals surface area contributed by atoms with E-state index in [0.717, 1.165) is 5.56 Å². The summed E-state index contributed by atoms with van der Waals surface area (Å²) in [6, 6.07) is 17.9. The van der Waals surface area contributed by atoms with Gasteiger partial charge in [-0.15, -0.1) is 5.06 Å². The van der Waals surface area contributed by atoms with Crippen molar-refractivity contribution in [2.75, 3.05) is 5.73 Å². The van der Waals surface area contributed by atoms with Crippen LogP contribution in [-0.4, -0.2) is 167 Å². The predicted octanol–water partition coefficient (Wildman–Crippen LogP) is 11.5. The Bertz CT molecular complexity index is 6580. The highest BCUT2D eigenvalue weighted by Gasteiger charge is 2.44. The first-order valence-corrected chi connectivity index (χ1v) is 38.0. The van der Waals surface area contributed by atoms with E-state index in [2.05, 4.69) is 4.84 Å². The number of anilines is 1. The van der Waals surface area contributed by atoms with Crippen molar-refractivity contribution in [1.82, 2.24) is 10.1 Å². The van der Waals surface area contributed by atoms with E-state index in [1.807, 2.05) is 12.1 Å². The predicted molar refractivity (Wildman–Crippen MR) is 462 cm³/mol. The summed E-state index contributed by atoms with van der Waals surface area (Å²) in [7, 11) is 0. The number of hydrogen-bond donors (Lipinski definition) is 5. The molecule has 2 aliphatic rings. The van der Waals surface area contributed by atoms with Crippen LogP contribution in [0.2, 0.25) is 5.02 Å². The average molecular weight is 2040 g/mol. The largest absolute Gasteiger partial charge is 0.481 e. The number of carboxylic acids is 3. The van der Waals surface area contributed by atoms with Gasteiger partial charge in [0.2, 0.25) is 0 Å². The van der Waals surface area contributed by atoms with Crippen LogP contribution in [0.15, 0.2) is 109 Å². The molecule has 2 heterocycles. The molecule has 2 aliphatic heterocycles. The van der Waals surface area contributed by atoms with Gasteiger partial charge in [0.25, 0.3) is 115 Å². The zero-order valence-corrected chi connectivity index (χ0v) is 70.8. The van der Waals surface area contributed by atoms with Crippen molar-refractivity contribution < 1.29 is 152 Å². The van der Waals surface area contributed by atoms with Crippen molar-refractivity contribution in [2.24, 2.45) is 0 Å². The number of hydrogen-bond acceptors (Lipinski definition) is 47. The number of carboxylic acid groups (broad SMARTS) is 3. The zero-order chi connectivity index (χ0) is 108. The second-order valence-corrected chi connectivity index (χ2v) is 28.1. The number of nitrogen functional groups attached to an aromatic ring is 1. The second-order valence-electron chi connectivity index (χ2n) is 27.7. The highest BCUT2D eigenvalue weighted by Crippen LogP contribution is 2.48. The first kappa shape index (κ1) is 114. The van der Waals surface area contributed by atoms with Crippen molar-refractivity contribution >= 4 is 167 Å². The van der Waals surface area contributed by atoms with E-state index in [9.17, 15) is 220 Å². The van der Waals surface area contributed by atoms with Gasteiger partial charge >= 0.3 is 35.3 Å². The van der Waals surface area contributed by atoms with E-state index < -0.39 is 315 Å². The van der Waals surface area contributed by atoms with E-state index >= 15 is 0 Å². The Balaban J connectivity index is 0.000000384. The molecule has 8 aromatic carbocycles. The van der Waals surface area contributed by atoms with Gasteiger partial charge in [-0.25, -0.2) is 4.79 Å². The number of carbonyl (C=O) groups is 8. The lowest BCUT2D eigenvalue weighted by atomic mass is 9.93. The summed E-state index contributed by atoms with van der Waals surface area (Å²) in [5, 5.41) is 238. The van der Waals surface area contributed by atoms with Gasteiger partial charge < -0.3 is 25.9 Å². The number of nitrogens with zero attached hydrogens (tertiary/aromatic N) is 20. The molecule has 8 aromatic rings. The summed E-state index contributed by atoms with van der Waals surface area (Å²) in [6.07, 6.45) is -5.99. The second kappa shape index (κ2) is 49.9. The molecule has 10 rings (SSSR count). The smallest absolute Gasteiger partial charge is 0.333 e. The maximum Gasteiger partial charge on any atom is 0.333 e. The summed E-state index contributed by atoms with van der Waals surface area (Å²) in [4.78, 5) is 275. The van der Waals surface area contributed by atoms with E-state index in [1.54, 1.807) is 36.4 Å². The highest BCUT2D eigenvalue weighted by atomic mass is 35.5. The first-order chi connectivity index (χ1) is 66.1. The molecule has 4 amide bonds. The number of benzene rings is 8. The standard InChI is InChI=1S/C20H13N7O16.C16H10N6O14.C16H13N3O8.C9H11NO2.C6H2ClN3O6.C4H5NO3.CH4/c28-17-2-3-18(29)21(17)43-19(30)4-1-10-15(25(37)38)8-16(26(39)40)12(20(10)27(41)42)7-11-13(23(33)34)5-9(22(31)32)6-14(11)24(35)36;23-15(24)2-1-8-13(20(31)32)6-14(21(33)34)10(16(8)22(35)36)5-9-11(18(27)28)3-7(17(25)26)4-12(9)19(29)30;20-16(21)5-4-10-2-1-3-11(6-10)7-13-14(18(24)25)8-12(17(22)23)9-15(13)19(26)27;10-8-3-1-2-7(6-8)4-5-9(11)12;7-6-4(9(13)14)1-3(8(11)12)2-5(6)10(15)16;6-3-1-2-4(7)5(3)8;/h5-6,8H,1-4,7H2;3-4,6H,1-2,5H2,(H,23,24);1-3,6,8-9H,4-5,7H2,(H,20,21);1-3,6H,4-5,10H2,(H,11,12);1-2H;8H,1-2H2;1H4. The summed E-state index contributed by atoms with van der Waals surface area (Å²) in [5.41, 5.74) is -17.9. The van der Waals surface area contributed by atoms with Crippen LogP contribution >= 0.6 is 11.6 Å². The molecule has 71 heteroatoms. The number of carbonyl (C=O) groups excluding carboxylic acids is 5. The third-order valence-corrected chi connectivity index (χ3v) is 19.1. The van der Waals surface area contributed by atoms with Gasteiger partial charge in [-0.3, -0.25) is 221 Å². The average Bonchev–Trinajstić information content (AvgIpc) is 0.786. The number of imide groups is 2. The van der Waals surface area contributed by atoms with Gasteiger partial charge in [-0.2, -0.15) is 5.06 Å². The molecule has 0 atom stereocenters. The molecular weight excluding hydrogens is 1980 g/mol. The lowest BCUT2D eigenvalue weighted by Crippen LogP contribution is -2.32. The molecule has 752 valence electrons. The fraction of sp³-hybridized carbons (Fsp3) is 0.222. The molecule has 0 aromatic heterocycles. The van der Waals surface area contributed by atoms with E-state index in [4.69, 9.17) is 37.9 Å². The van der Waals surface area contributed by atoms with E-state index in [0.29, 0.717) is 59.6 Å². The number of nitrogens with two attached hydrogens (primary N) is 1. The molecular formula is C72H58ClN21O49. The summed E-state index contributed by atoms with van der Waals surface area (Å²) < 4.78 is 0. The van der Waals surface area contributed by atoms with E-state index in [-0.39, 0.29) is 98.7 Å². The molecule has 0 spiro atoms. The molecule has 6 N–H and O–H groups in total. The molecule has 2 saturated heterocycles. The molecule has 0 unspecified atom stereocenters. The van der Waals surface area contributed by atoms with Crippen LogP contribution in [0.25, 0.3) is 0 Å². The third-order valence-electron chi connectivity index (χ3n) is 18.8. The lowest BCUT2D eigenvalue weighted by molar-refractivity contribution is -0.406. The third kappa shape index (κ3) is 30.6. The fourth-order valence-electron chi connectivity index (χ4n) is 12.6. The number of rotatable bonds is 37.